The second-order valence-corrected chi connectivity index (χ2v) is 4.20. The Bertz CT molecular complexity index is 434. The molecule has 3 rings (SSSR count). The number of benzene rings is 1. The van der Waals surface area contributed by atoms with Gasteiger partial charge in [-0.2, -0.15) is 0 Å². The van der Waals surface area contributed by atoms with Crippen LogP contribution in [0.15, 0.2) is 18.2 Å². The average molecular weight is 272 g/mol. The van der Waals surface area contributed by atoms with E-state index in [1.807, 2.05) is 18.2 Å². The van der Waals surface area contributed by atoms with Gasteiger partial charge >= 0.3 is 7.12 Å². The molecule has 7 heteroatoms. The Morgan fingerprint density at radius 3 is 2.94 bits per heavy atom. The lowest BCUT2D eigenvalue weighted by Gasteiger charge is -2.16. The van der Waals surface area contributed by atoms with Crippen molar-refractivity contribution in [1.29, 1.82) is 0 Å². The molecule has 3 N–H and O–H groups in total. The van der Waals surface area contributed by atoms with Crippen LogP contribution in [0.25, 0.3) is 0 Å². The van der Waals surface area contributed by atoms with Crippen molar-refractivity contribution >= 4 is 25.0 Å². The number of ether oxygens (including phenoxy) is 1. The highest BCUT2D eigenvalue weighted by atomic mass is 35.5. The summed E-state index contributed by atoms with van der Waals surface area (Å²) in [5.41, 5.74) is 7.61. The van der Waals surface area contributed by atoms with Crippen LogP contribution in [-0.2, 0) is 9.31 Å². The van der Waals surface area contributed by atoms with Gasteiger partial charge in [-0.25, -0.2) is 0 Å². The SMILES string of the molecule is Cl.NC[C@@H]1OB2O[C@H](CO)COc3cccc1c32. The molecule has 98 valence electrons. The first-order valence-electron chi connectivity index (χ1n) is 5.71. The Morgan fingerprint density at radius 2 is 2.22 bits per heavy atom. The van der Waals surface area contributed by atoms with Gasteiger partial charge in [0.1, 0.15) is 18.5 Å². The molecule has 0 aromatic heterocycles. The summed E-state index contributed by atoms with van der Waals surface area (Å²) in [4.78, 5) is 0. The molecule has 2 atom stereocenters. The molecule has 0 saturated heterocycles. The second kappa shape index (κ2) is 5.46. The fourth-order valence-electron chi connectivity index (χ4n) is 2.29. The van der Waals surface area contributed by atoms with Gasteiger partial charge in [-0.3, -0.25) is 0 Å². The molecule has 2 aliphatic heterocycles. The van der Waals surface area contributed by atoms with Crippen LogP contribution in [0.3, 0.4) is 0 Å². The van der Waals surface area contributed by atoms with Crippen LogP contribution >= 0.6 is 12.4 Å². The van der Waals surface area contributed by atoms with E-state index in [2.05, 4.69) is 0 Å². The highest BCUT2D eigenvalue weighted by Crippen LogP contribution is 2.30. The van der Waals surface area contributed by atoms with Crippen LogP contribution in [0.4, 0.5) is 0 Å². The molecule has 18 heavy (non-hydrogen) atoms. The molecular weight excluding hydrogens is 256 g/mol. The molecule has 0 spiro atoms. The summed E-state index contributed by atoms with van der Waals surface area (Å²) in [7, 11) is -0.477. The monoisotopic (exact) mass is 271 g/mol. The lowest BCUT2D eigenvalue weighted by atomic mass is 9.77. The van der Waals surface area contributed by atoms with Crippen LogP contribution < -0.4 is 15.9 Å². The highest BCUT2D eigenvalue weighted by molar-refractivity contribution is 6.64. The lowest BCUT2D eigenvalue weighted by molar-refractivity contribution is 0.0498. The Hall–Kier alpha value is -0.785. The van der Waals surface area contributed by atoms with Gasteiger partial charge < -0.3 is 24.9 Å². The molecule has 2 heterocycles. The van der Waals surface area contributed by atoms with Crippen molar-refractivity contribution in [2.75, 3.05) is 19.8 Å². The highest BCUT2D eigenvalue weighted by Gasteiger charge is 2.42. The van der Waals surface area contributed by atoms with Gasteiger partial charge in [0.2, 0.25) is 0 Å². The Balaban J connectivity index is 0.00000120. The Kier molecular flexibility index (Phi) is 4.14. The van der Waals surface area contributed by atoms with Crippen LogP contribution in [0, 0.1) is 0 Å². The fraction of sp³-hybridized carbons (Fsp3) is 0.455. The van der Waals surface area contributed by atoms with E-state index >= 15 is 0 Å². The van der Waals surface area contributed by atoms with Crippen molar-refractivity contribution in [2.45, 2.75) is 12.2 Å². The molecule has 0 radical (unpaired) electrons. The number of rotatable bonds is 2. The summed E-state index contributed by atoms with van der Waals surface area (Å²) >= 11 is 0. The van der Waals surface area contributed by atoms with Gasteiger partial charge in [0.25, 0.3) is 0 Å². The summed E-state index contributed by atoms with van der Waals surface area (Å²) in [5.74, 6) is 0.763. The number of hydrogen-bond donors (Lipinski definition) is 2. The van der Waals surface area contributed by atoms with E-state index in [9.17, 15) is 0 Å². The van der Waals surface area contributed by atoms with E-state index in [1.165, 1.54) is 0 Å². The number of aliphatic hydroxyl groups excluding tert-OH is 1. The zero-order valence-electron chi connectivity index (χ0n) is 9.74. The third-order valence-corrected chi connectivity index (χ3v) is 3.13. The zero-order valence-corrected chi connectivity index (χ0v) is 10.6. The van der Waals surface area contributed by atoms with Crippen molar-refractivity contribution in [2.24, 2.45) is 5.73 Å². The molecular formula is C11H15BClNO4. The summed E-state index contributed by atoms with van der Waals surface area (Å²) in [6.07, 6.45) is -0.521. The van der Waals surface area contributed by atoms with Gasteiger partial charge in [-0.1, -0.05) is 12.1 Å². The van der Waals surface area contributed by atoms with E-state index in [-0.39, 0.29) is 31.2 Å². The Morgan fingerprint density at radius 1 is 1.39 bits per heavy atom. The van der Waals surface area contributed by atoms with Crippen molar-refractivity contribution in [1.82, 2.24) is 0 Å². The Labute approximate surface area is 112 Å². The number of hydrogen-bond acceptors (Lipinski definition) is 5. The first-order valence-corrected chi connectivity index (χ1v) is 5.71. The van der Waals surface area contributed by atoms with Gasteiger partial charge in [0, 0.05) is 12.0 Å². The maximum absolute atomic E-state index is 9.16. The third kappa shape index (κ3) is 2.11. The van der Waals surface area contributed by atoms with Crippen LogP contribution in [-0.4, -0.2) is 38.1 Å². The van der Waals surface area contributed by atoms with Gasteiger partial charge in [-0.15, -0.1) is 12.4 Å². The minimum absolute atomic E-state index is 0. The number of nitrogens with two attached hydrogens (primary N) is 1. The van der Waals surface area contributed by atoms with Gasteiger partial charge in [0.05, 0.1) is 12.7 Å². The minimum atomic E-state index is -0.477. The molecule has 5 nitrogen and oxygen atoms in total. The van der Waals surface area contributed by atoms with Crippen molar-refractivity contribution in [3.8, 4) is 5.75 Å². The van der Waals surface area contributed by atoms with Crippen LogP contribution in [0.5, 0.6) is 5.75 Å². The molecule has 0 saturated carbocycles. The van der Waals surface area contributed by atoms with E-state index in [0.29, 0.717) is 13.2 Å². The average Bonchev–Trinajstić information content (AvgIpc) is 2.61. The molecule has 1 aromatic carbocycles. The summed E-state index contributed by atoms with van der Waals surface area (Å²) in [5, 5.41) is 9.16. The standard InChI is InChI=1S/C11H14BNO4.ClH/c13-4-10-8-2-1-3-9-11(8)12(17-10)16-7(5-14)6-15-9;/h1-3,7,10,14H,4-6,13H2;1H/t7-,10+;/m1./s1. The summed E-state index contributed by atoms with van der Waals surface area (Å²) in [6.45, 7) is 0.649. The molecule has 0 fully saturated rings. The van der Waals surface area contributed by atoms with E-state index < -0.39 is 7.12 Å². The molecule has 1 aromatic rings. The quantitative estimate of drug-likeness (QED) is 0.716. The first-order chi connectivity index (χ1) is 8.33. The van der Waals surface area contributed by atoms with Gasteiger partial charge in [-0.05, 0) is 11.6 Å². The fourth-order valence-corrected chi connectivity index (χ4v) is 2.29. The second-order valence-electron chi connectivity index (χ2n) is 4.20. The van der Waals surface area contributed by atoms with Crippen molar-refractivity contribution in [3.05, 3.63) is 23.8 Å². The zero-order chi connectivity index (χ0) is 11.8. The molecule has 2 aliphatic rings. The van der Waals surface area contributed by atoms with Crippen LogP contribution in [0.2, 0.25) is 0 Å². The maximum Gasteiger partial charge on any atom is 0.498 e. The van der Waals surface area contributed by atoms with E-state index in [4.69, 9.17) is 24.9 Å². The first kappa shape index (κ1) is 13.6. The van der Waals surface area contributed by atoms with E-state index in [0.717, 1.165) is 16.8 Å². The number of aliphatic hydroxyl groups is 1. The smallest absolute Gasteiger partial charge is 0.491 e. The molecule has 0 aliphatic carbocycles. The summed E-state index contributed by atoms with van der Waals surface area (Å²) < 4.78 is 17.0. The normalized spacial score (nSPS) is 24.9. The maximum atomic E-state index is 9.16. The predicted octanol–water partition coefficient (Wildman–Crippen LogP) is -0.397. The van der Waals surface area contributed by atoms with E-state index in [1.54, 1.807) is 0 Å². The summed E-state index contributed by atoms with van der Waals surface area (Å²) in [6, 6.07) is 5.78. The largest absolute Gasteiger partial charge is 0.498 e. The van der Waals surface area contributed by atoms with Crippen molar-refractivity contribution < 1.29 is 19.2 Å². The lowest BCUT2D eigenvalue weighted by Crippen LogP contribution is -2.36. The van der Waals surface area contributed by atoms with Gasteiger partial charge in [0.15, 0.2) is 0 Å². The molecule has 0 bridgehead atoms. The molecule has 0 amide bonds. The van der Waals surface area contributed by atoms with Crippen LogP contribution in [0.1, 0.15) is 11.7 Å². The topological polar surface area (TPSA) is 73.9 Å². The minimum Gasteiger partial charge on any atom is -0.491 e. The third-order valence-electron chi connectivity index (χ3n) is 3.13. The molecule has 0 unspecified atom stereocenters. The predicted molar refractivity (Wildman–Crippen MR) is 69.4 cm³/mol. The van der Waals surface area contributed by atoms with Crippen molar-refractivity contribution in [3.63, 3.8) is 0 Å². The number of halogens is 1.